The molecule has 2 aromatic rings. The van der Waals surface area contributed by atoms with E-state index in [1.807, 2.05) is 7.05 Å². The van der Waals surface area contributed by atoms with Crippen LogP contribution in [0.15, 0.2) is 18.2 Å². The molecule has 0 radical (unpaired) electrons. The number of aromatic nitrogens is 4. The van der Waals surface area contributed by atoms with E-state index in [2.05, 4.69) is 40.3 Å². The Morgan fingerprint density at radius 3 is 2.86 bits per heavy atom. The van der Waals surface area contributed by atoms with Crippen molar-refractivity contribution in [1.29, 1.82) is 5.26 Å². The van der Waals surface area contributed by atoms with Gasteiger partial charge in [-0.2, -0.15) is 9.94 Å². The number of hydrogen-bond acceptors (Lipinski definition) is 5. The summed E-state index contributed by atoms with van der Waals surface area (Å²) >= 11 is 5.95. The van der Waals surface area contributed by atoms with Crippen molar-refractivity contribution in [3.63, 3.8) is 0 Å². The van der Waals surface area contributed by atoms with Crippen molar-refractivity contribution in [2.45, 2.75) is 20.4 Å². The van der Waals surface area contributed by atoms with Gasteiger partial charge in [-0.1, -0.05) is 25.4 Å². The van der Waals surface area contributed by atoms with Gasteiger partial charge in [0.1, 0.15) is 6.07 Å². The molecule has 1 aromatic heterocycles. The second-order valence-corrected chi connectivity index (χ2v) is 5.78. The van der Waals surface area contributed by atoms with E-state index in [4.69, 9.17) is 16.9 Å². The van der Waals surface area contributed by atoms with Crippen molar-refractivity contribution in [2.24, 2.45) is 5.92 Å². The Bertz CT molecular complexity index is 658. The first-order valence-corrected chi connectivity index (χ1v) is 7.05. The Morgan fingerprint density at radius 2 is 2.19 bits per heavy atom. The number of tetrazole rings is 1. The summed E-state index contributed by atoms with van der Waals surface area (Å²) in [5.74, 6) is 1.30. The standard InChI is InChI=1S/C14H17ClN6/c1-10(2)8-20(3)9-14-17-18-19-21(14)12-4-5-13(15)11(6-12)7-16/h4-6,10H,8-9H2,1-3H3. The maximum absolute atomic E-state index is 9.05. The maximum atomic E-state index is 9.05. The summed E-state index contributed by atoms with van der Waals surface area (Å²) in [4.78, 5) is 2.16. The van der Waals surface area contributed by atoms with Crippen LogP contribution in [-0.2, 0) is 6.54 Å². The smallest absolute Gasteiger partial charge is 0.170 e. The summed E-state index contributed by atoms with van der Waals surface area (Å²) in [6, 6.07) is 7.22. The highest BCUT2D eigenvalue weighted by molar-refractivity contribution is 6.31. The summed E-state index contributed by atoms with van der Waals surface area (Å²) in [5.41, 5.74) is 1.14. The molecule has 1 aromatic carbocycles. The van der Waals surface area contributed by atoms with Gasteiger partial charge in [0.15, 0.2) is 5.82 Å². The van der Waals surface area contributed by atoms with Crippen LogP contribution in [0.25, 0.3) is 5.69 Å². The van der Waals surface area contributed by atoms with Crippen LogP contribution in [0.5, 0.6) is 0 Å². The van der Waals surface area contributed by atoms with E-state index in [0.717, 1.165) is 18.1 Å². The van der Waals surface area contributed by atoms with Crippen LogP contribution >= 0.6 is 11.6 Å². The molecule has 0 unspecified atom stereocenters. The van der Waals surface area contributed by atoms with Gasteiger partial charge in [-0.3, -0.25) is 4.90 Å². The molecule has 6 nitrogen and oxygen atoms in total. The third-order valence-corrected chi connectivity index (χ3v) is 3.27. The minimum Gasteiger partial charge on any atom is -0.299 e. The van der Waals surface area contributed by atoms with Gasteiger partial charge in [-0.25, -0.2) is 0 Å². The molecule has 0 N–H and O–H groups in total. The quantitative estimate of drug-likeness (QED) is 0.847. The largest absolute Gasteiger partial charge is 0.299 e. The van der Waals surface area contributed by atoms with E-state index in [1.165, 1.54) is 0 Å². The zero-order valence-electron chi connectivity index (χ0n) is 12.3. The first-order chi connectivity index (χ1) is 10.0. The summed E-state index contributed by atoms with van der Waals surface area (Å²) in [6.45, 7) is 5.92. The average molecular weight is 305 g/mol. The van der Waals surface area contributed by atoms with Gasteiger partial charge in [0, 0.05) is 6.54 Å². The first kappa shape index (κ1) is 15.4. The lowest BCUT2D eigenvalue weighted by atomic mass is 10.2. The zero-order chi connectivity index (χ0) is 15.4. The van der Waals surface area contributed by atoms with Crippen LogP contribution in [0, 0.1) is 17.2 Å². The number of halogens is 1. The Balaban J connectivity index is 2.26. The number of benzene rings is 1. The normalized spacial score (nSPS) is 11.1. The fourth-order valence-electron chi connectivity index (χ4n) is 2.16. The predicted molar refractivity (Wildman–Crippen MR) is 80.1 cm³/mol. The highest BCUT2D eigenvalue weighted by Crippen LogP contribution is 2.19. The monoisotopic (exact) mass is 304 g/mol. The van der Waals surface area contributed by atoms with E-state index < -0.39 is 0 Å². The molecule has 0 atom stereocenters. The van der Waals surface area contributed by atoms with Crippen molar-refractivity contribution >= 4 is 11.6 Å². The molecule has 0 aliphatic heterocycles. The minimum atomic E-state index is 0.408. The second kappa shape index (κ2) is 6.66. The van der Waals surface area contributed by atoms with E-state index >= 15 is 0 Å². The maximum Gasteiger partial charge on any atom is 0.170 e. The Labute approximate surface area is 128 Å². The molecule has 0 bridgehead atoms. The molecule has 110 valence electrons. The van der Waals surface area contributed by atoms with Gasteiger partial charge in [-0.05, 0) is 41.6 Å². The fraction of sp³-hybridized carbons (Fsp3) is 0.429. The zero-order valence-corrected chi connectivity index (χ0v) is 13.0. The number of nitriles is 1. The van der Waals surface area contributed by atoms with Gasteiger partial charge in [0.25, 0.3) is 0 Å². The molecule has 0 saturated carbocycles. The van der Waals surface area contributed by atoms with Gasteiger partial charge < -0.3 is 0 Å². The van der Waals surface area contributed by atoms with Crippen molar-refractivity contribution in [1.82, 2.24) is 25.1 Å². The molecule has 0 amide bonds. The molecule has 0 saturated heterocycles. The van der Waals surface area contributed by atoms with Crippen molar-refractivity contribution in [2.75, 3.05) is 13.6 Å². The van der Waals surface area contributed by atoms with Gasteiger partial charge >= 0.3 is 0 Å². The van der Waals surface area contributed by atoms with Crippen molar-refractivity contribution < 1.29 is 0 Å². The topological polar surface area (TPSA) is 70.6 Å². The Kier molecular flexibility index (Phi) is 4.89. The molecule has 0 aliphatic carbocycles. The Hall–Kier alpha value is -1.97. The summed E-state index contributed by atoms with van der Waals surface area (Å²) in [7, 11) is 2.03. The molecule has 0 spiro atoms. The molecule has 7 heteroatoms. The van der Waals surface area contributed by atoms with Crippen LogP contribution in [-0.4, -0.2) is 38.7 Å². The first-order valence-electron chi connectivity index (χ1n) is 6.67. The molecular weight excluding hydrogens is 288 g/mol. The van der Waals surface area contributed by atoms with Gasteiger partial charge in [-0.15, -0.1) is 5.10 Å². The molecular formula is C14H17ClN6. The average Bonchev–Trinajstić information content (AvgIpc) is 2.86. The highest BCUT2D eigenvalue weighted by atomic mass is 35.5. The summed E-state index contributed by atoms with van der Waals surface area (Å²) in [6.07, 6.45) is 0. The summed E-state index contributed by atoms with van der Waals surface area (Å²) in [5, 5.41) is 21.3. The minimum absolute atomic E-state index is 0.408. The molecule has 0 fully saturated rings. The molecule has 0 aliphatic rings. The third kappa shape index (κ3) is 3.78. The van der Waals surface area contributed by atoms with Crippen LogP contribution in [0.2, 0.25) is 5.02 Å². The SMILES string of the molecule is CC(C)CN(C)Cc1nnnn1-c1ccc(Cl)c(C#N)c1. The van der Waals surface area contributed by atoms with Crippen LogP contribution in [0.4, 0.5) is 0 Å². The number of hydrogen-bond donors (Lipinski definition) is 0. The van der Waals surface area contributed by atoms with E-state index in [0.29, 0.717) is 23.0 Å². The lowest BCUT2D eigenvalue weighted by Crippen LogP contribution is -2.24. The lowest BCUT2D eigenvalue weighted by molar-refractivity contribution is 0.279. The van der Waals surface area contributed by atoms with Crippen molar-refractivity contribution in [3.8, 4) is 11.8 Å². The molecule has 21 heavy (non-hydrogen) atoms. The third-order valence-electron chi connectivity index (χ3n) is 2.94. The van der Waals surface area contributed by atoms with Gasteiger partial charge in [0.2, 0.25) is 0 Å². The van der Waals surface area contributed by atoms with E-state index in [-0.39, 0.29) is 0 Å². The molecule has 2 rings (SSSR count). The van der Waals surface area contributed by atoms with Crippen LogP contribution in [0.1, 0.15) is 25.2 Å². The van der Waals surface area contributed by atoms with E-state index in [9.17, 15) is 0 Å². The van der Waals surface area contributed by atoms with Gasteiger partial charge in [0.05, 0.1) is 22.8 Å². The number of rotatable bonds is 5. The van der Waals surface area contributed by atoms with Crippen LogP contribution < -0.4 is 0 Å². The number of nitrogens with zero attached hydrogens (tertiary/aromatic N) is 6. The van der Waals surface area contributed by atoms with Crippen molar-refractivity contribution in [3.05, 3.63) is 34.6 Å². The Morgan fingerprint density at radius 1 is 1.43 bits per heavy atom. The van der Waals surface area contributed by atoms with Crippen LogP contribution in [0.3, 0.4) is 0 Å². The summed E-state index contributed by atoms with van der Waals surface area (Å²) < 4.78 is 1.63. The fourth-order valence-corrected chi connectivity index (χ4v) is 2.32. The lowest BCUT2D eigenvalue weighted by Gasteiger charge is -2.18. The predicted octanol–water partition coefficient (Wildman–Crippen LogP) is 2.28. The second-order valence-electron chi connectivity index (χ2n) is 5.37. The van der Waals surface area contributed by atoms with E-state index in [1.54, 1.807) is 22.9 Å². The highest BCUT2D eigenvalue weighted by Gasteiger charge is 2.13. The molecule has 1 heterocycles.